The highest BCUT2D eigenvalue weighted by molar-refractivity contribution is 6.30. The molecule has 0 aromatic heterocycles. The van der Waals surface area contributed by atoms with Crippen LogP contribution in [0.5, 0.6) is 5.75 Å². The first-order valence-corrected chi connectivity index (χ1v) is 8.51. The molecule has 2 aromatic carbocycles. The van der Waals surface area contributed by atoms with Gasteiger partial charge in [-0.2, -0.15) is 0 Å². The summed E-state index contributed by atoms with van der Waals surface area (Å²) in [5.74, 6) is -0.770. The highest BCUT2D eigenvalue weighted by atomic mass is 35.5. The average Bonchev–Trinajstić information content (AvgIpc) is 2.52. The number of ether oxygens (including phenoxy) is 1. The van der Waals surface area contributed by atoms with Crippen LogP contribution in [-0.2, 0) is 11.2 Å². The van der Waals surface area contributed by atoms with E-state index in [-0.39, 0.29) is 0 Å². The number of aliphatic carboxylic acids is 1. The third-order valence-corrected chi connectivity index (χ3v) is 4.24. The van der Waals surface area contributed by atoms with Gasteiger partial charge in [0.25, 0.3) is 0 Å². The zero-order valence-corrected chi connectivity index (χ0v) is 15.1. The van der Waals surface area contributed by atoms with Crippen molar-refractivity contribution in [2.45, 2.75) is 39.5 Å². The molecule has 0 spiro atoms. The van der Waals surface area contributed by atoms with E-state index in [4.69, 9.17) is 16.3 Å². The molecule has 0 aliphatic carbocycles. The van der Waals surface area contributed by atoms with Gasteiger partial charge in [-0.1, -0.05) is 42.3 Å². The Morgan fingerprint density at radius 2 is 1.96 bits per heavy atom. The molecule has 0 bridgehead atoms. The van der Waals surface area contributed by atoms with Crippen LogP contribution in [0.2, 0.25) is 5.02 Å². The predicted molar refractivity (Wildman–Crippen MR) is 97.2 cm³/mol. The quantitative estimate of drug-likeness (QED) is 0.753. The molecule has 0 saturated heterocycles. The maximum absolute atomic E-state index is 11.9. The van der Waals surface area contributed by atoms with Gasteiger partial charge < -0.3 is 9.84 Å². The van der Waals surface area contributed by atoms with Crippen LogP contribution in [0.3, 0.4) is 0 Å². The van der Waals surface area contributed by atoms with E-state index in [2.05, 4.69) is 0 Å². The van der Waals surface area contributed by atoms with Gasteiger partial charge in [0, 0.05) is 5.02 Å². The molecule has 0 fully saturated rings. The van der Waals surface area contributed by atoms with Crippen molar-refractivity contribution in [3.8, 4) is 5.75 Å². The zero-order valence-electron chi connectivity index (χ0n) is 14.3. The van der Waals surface area contributed by atoms with E-state index in [1.807, 2.05) is 45.0 Å². The first-order chi connectivity index (χ1) is 11.4. The number of hydrogen-bond donors (Lipinski definition) is 1. The van der Waals surface area contributed by atoms with Gasteiger partial charge in [0.15, 0.2) is 0 Å². The Morgan fingerprint density at radius 3 is 2.58 bits per heavy atom. The van der Waals surface area contributed by atoms with Crippen LogP contribution in [0.25, 0.3) is 0 Å². The van der Waals surface area contributed by atoms with E-state index in [0.29, 0.717) is 23.8 Å². The normalized spacial score (nSPS) is 12.0. The second-order valence-corrected chi connectivity index (χ2v) is 6.49. The maximum Gasteiger partial charge on any atom is 0.311 e. The summed E-state index contributed by atoms with van der Waals surface area (Å²) < 4.78 is 5.76. The van der Waals surface area contributed by atoms with Crippen LogP contribution in [0, 0.1) is 13.8 Å². The van der Waals surface area contributed by atoms with Gasteiger partial charge in [-0.15, -0.1) is 0 Å². The van der Waals surface area contributed by atoms with E-state index in [0.717, 1.165) is 28.7 Å². The number of carbonyl (C=O) groups is 1. The molecule has 1 unspecified atom stereocenters. The molecule has 24 heavy (non-hydrogen) atoms. The SMILES string of the molecule is CCCOc1ccc(Cl)cc1CC(C(=O)O)c1ccc(C)cc1C. The van der Waals surface area contributed by atoms with Gasteiger partial charge in [-0.25, -0.2) is 0 Å². The number of carboxylic acids is 1. The number of rotatable bonds is 7. The van der Waals surface area contributed by atoms with E-state index < -0.39 is 11.9 Å². The van der Waals surface area contributed by atoms with E-state index in [1.54, 1.807) is 12.1 Å². The molecule has 0 saturated carbocycles. The van der Waals surface area contributed by atoms with Crippen LogP contribution in [0.4, 0.5) is 0 Å². The van der Waals surface area contributed by atoms with Crippen molar-refractivity contribution in [2.75, 3.05) is 6.61 Å². The van der Waals surface area contributed by atoms with E-state index in [1.165, 1.54) is 0 Å². The topological polar surface area (TPSA) is 46.5 Å². The summed E-state index contributed by atoms with van der Waals surface area (Å²) in [6, 6.07) is 11.2. The van der Waals surface area contributed by atoms with E-state index >= 15 is 0 Å². The van der Waals surface area contributed by atoms with Crippen molar-refractivity contribution in [1.29, 1.82) is 0 Å². The van der Waals surface area contributed by atoms with Crippen molar-refractivity contribution < 1.29 is 14.6 Å². The molecule has 0 aliphatic rings. The van der Waals surface area contributed by atoms with Crippen LogP contribution in [0.1, 0.15) is 41.5 Å². The Kier molecular flexibility index (Phi) is 6.27. The molecule has 3 nitrogen and oxygen atoms in total. The minimum Gasteiger partial charge on any atom is -0.493 e. The predicted octanol–water partition coefficient (Wildman–Crippen LogP) is 5.16. The van der Waals surface area contributed by atoms with Crippen LogP contribution >= 0.6 is 11.6 Å². The molecule has 2 aromatic rings. The fourth-order valence-corrected chi connectivity index (χ4v) is 3.02. The summed E-state index contributed by atoms with van der Waals surface area (Å²) in [4.78, 5) is 11.9. The Bertz CT molecular complexity index is 725. The lowest BCUT2D eigenvalue weighted by atomic mass is 9.88. The number of benzene rings is 2. The molecule has 1 N–H and O–H groups in total. The summed E-state index contributed by atoms with van der Waals surface area (Å²) >= 11 is 6.11. The second-order valence-electron chi connectivity index (χ2n) is 6.06. The van der Waals surface area contributed by atoms with Gasteiger partial charge in [0.2, 0.25) is 0 Å². The summed E-state index contributed by atoms with van der Waals surface area (Å²) in [7, 11) is 0. The number of carboxylic acid groups (broad SMARTS) is 1. The Hall–Kier alpha value is -2.00. The Balaban J connectivity index is 2.37. The molecule has 2 rings (SSSR count). The van der Waals surface area contributed by atoms with Gasteiger partial charge in [0.05, 0.1) is 12.5 Å². The summed E-state index contributed by atoms with van der Waals surface area (Å²) in [5, 5.41) is 10.3. The van der Waals surface area contributed by atoms with Crippen LogP contribution < -0.4 is 4.74 Å². The van der Waals surface area contributed by atoms with E-state index in [9.17, 15) is 9.90 Å². The first kappa shape index (κ1) is 18.3. The van der Waals surface area contributed by atoms with Crippen LogP contribution in [0.15, 0.2) is 36.4 Å². The Labute approximate surface area is 148 Å². The fraction of sp³-hybridized carbons (Fsp3) is 0.350. The monoisotopic (exact) mass is 346 g/mol. The van der Waals surface area contributed by atoms with Crippen molar-refractivity contribution in [2.24, 2.45) is 0 Å². The third kappa shape index (κ3) is 4.51. The van der Waals surface area contributed by atoms with Crippen molar-refractivity contribution in [1.82, 2.24) is 0 Å². The molecule has 0 amide bonds. The molecule has 1 atom stereocenters. The smallest absolute Gasteiger partial charge is 0.311 e. The summed E-state index contributed by atoms with van der Waals surface area (Å²) in [6.45, 7) is 6.58. The Morgan fingerprint density at radius 1 is 1.21 bits per heavy atom. The molecule has 4 heteroatoms. The van der Waals surface area contributed by atoms with Crippen LogP contribution in [-0.4, -0.2) is 17.7 Å². The number of aryl methyl sites for hydroxylation is 2. The summed E-state index contributed by atoms with van der Waals surface area (Å²) in [5.41, 5.74) is 3.76. The number of halogens is 1. The average molecular weight is 347 g/mol. The van der Waals surface area contributed by atoms with Gasteiger partial charge in [-0.3, -0.25) is 4.79 Å². The molecule has 0 heterocycles. The molecule has 0 radical (unpaired) electrons. The molecular formula is C20H23ClO3. The lowest BCUT2D eigenvalue weighted by Gasteiger charge is -2.18. The van der Waals surface area contributed by atoms with Crippen molar-refractivity contribution in [3.63, 3.8) is 0 Å². The van der Waals surface area contributed by atoms with Gasteiger partial charge in [0.1, 0.15) is 5.75 Å². The highest BCUT2D eigenvalue weighted by Gasteiger charge is 2.24. The highest BCUT2D eigenvalue weighted by Crippen LogP contribution is 2.31. The minimum atomic E-state index is -0.844. The van der Waals surface area contributed by atoms with Gasteiger partial charge in [-0.05, 0) is 61.6 Å². The lowest BCUT2D eigenvalue weighted by molar-refractivity contribution is -0.138. The number of hydrogen-bond acceptors (Lipinski definition) is 2. The first-order valence-electron chi connectivity index (χ1n) is 8.13. The second kappa shape index (κ2) is 8.20. The lowest BCUT2D eigenvalue weighted by Crippen LogP contribution is -2.16. The molecular weight excluding hydrogens is 324 g/mol. The van der Waals surface area contributed by atoms with Crippen molar-refractivity contribution >= 4 is 17.6 Å². The zero-order chi connectivity index (χ0) is 17.7. The standard InChI is InChI=1S/C20H23ClO3/c1-4-9-24-19-8-6-16(21)11-15(19)12-18(20(22)23)17-7-5-13(2)10-14(17)3/h5-8,10-11,18H,4,9,12H2,1-3H3,(H,22,23). The maximum atomic E-state index is 11.9. The summed E-state index contributed by atoms with van der Waals surface area (Å²) in [6.07, 6.45) is 1.24. The third-order valence-electron chi connectivity index (χ3n) is 4.01. The molecule has 0 aliphatic heterocycles. The fourth-order valence-electron chi connectivity index (χ4n) is 2.83. The van der Waals surface area contributed by atoms with Crippen molar-refractivity contribution in [3.05, 3.63) is 63.7 Å². The van der Waals surface area contributed by atoms with Gasteiger partial charge >= 0.3 is 5.97 Å². The molecule has 128 valence electrons. The minimum absolute atomic E-state index is 0.346. The largest absolute Gasteiger partial charge is 0.493 e.